The molecular formula is C27H28N2O6. The molecule has 182 valence electrons. The van der Waals surface area contributed by atoms with Crippen molar-refractivity contribution in [2.24, 2.45) is 0 Å². The van der Waals surface area contributed by atoms with Gasteiger partial charge in [-0.3, -0.25) is 9.59 Å². The topological polar surface area (TPSA) is 86.3 Å². The molecule has 1 heterocycles. The van der Waals surface area contributed by atoms with Crippen LogP contribution in [0.1, 0.15) is 28.4 Å². The Labute approximate surface area is 204 Å². The van der Waals surface area contributed by atoms with Gasteiger partial charge in [0.15, 0.2) is 17.6 Å². The number of hydrogen-bond donors (Lipinski definition) is 1. The number of rotatable bonds is 7. The number of benzene rings is 3. The van der Waals surface area contributed by atoms with Gasteiger partial charge in [-0.15, -0.1) is 0 Å². The molecule has 0 spiro atoms. The van der Waals surface area contributed by atoms with E-state index in [-0.39, 0.29) is 11.8 Å². The third kappa shape index (κ3) is 5.16. The number of carbonyl (C=O) groups excluding carboxylic acids is 2. The van der Waals surface area contributed by atoms with E-state index in [1.807, 2.05) is 30.3 Å². The van der Waals surface area contributed by atoms with Gasteiger partial charge in [-0.2, -0.15) is 0 Å². The van der Waals surface area contributed by atoms with Crippen molar-refractivity contribution in [2.45, 2.75) is 26.1 Å². The molecule has 0 aliphatic carbocycles. The van der Waals surface area contributed by atoms with E-state index in [4.69, 9.17) is 18.9 Å². The monoisotopic (exact) mass is 476 g/mol. The number of para-hydroxylation sites is 1. The van der Waals surface area contributed by atoms with Gasteiger partial charge in [-0.25, -0.2) is 0 Å². The molecule has 3 aromatic carbocycles. The van der Waals surface area contributed by atoms with Crippen LogP contribution in [0.15, 0.2) is 60.7 Å². The first-order valence-corrected chi connectivity index (χ1v) is 11.2. The molecule has 4 rings (SSSR count). The summed E-state index contributed by atoms with van der Waals surface area (Å²) in [5.74, 6) is 1.92. The van der Waals surface area contributed by atoms with E-state index < -0.39 is 6.10 Å². The second-order valence-corrected chi connectivity index (χ2v) is 8.11. The molecule has 8 nitrogen and oxygen atoms in total. The zero-order valence-electron chi connectivity index (χ0n) is 20.2. The van der Waals surface area contributed by atoms with E-state index in [0.717, 1.165) is 11.1 Å². The van der Waals surface area contributed by atoms with Crippen molar-refractivity contribution in [3.8, 4) is 23.0 Å². The summed E-state index contributed by atoms with van der Waals surface area (Å²) >= 11 is 0. The molecule has 1 aliphatic rings. The quantitative estimate of drug-likeness (QED) is 0.548. The van der Waals surface area contributed by atoms with Crippen LogP contribution >= 0.6 is 0 Å². The number of hydrogen-bond acceptors (Lipinski definition) is 6. The van der Waals surface area contributed by atoms with Crippen LogP contribution in [-0.4, -0.2) is 44.1 Å². The Morgan fingerprint density at radius 2 is 1.71 bits per heavy atom. The summed E-state index contributed by atoms with van der Waals surface area (Å²) in [7, 11) is 4.67. The molecule has 3 aromatic rings. The lowest BCUT2D eigenvalue weighted by molar-refractivity contribution is -0.138. The maximum absolute atomic E-state index is 13.0. The van der Waals surface area contributed by atoms with Crippen molar-refractivity contribution in [2.75, 3.05) is 26.6 Å². The minimum atomic E-state index is -0.641. The first kappa shape index (κ1) is 23.9. The van der Waals surface area contributed by atoms with Gasteiger partial charge in [0, 0.05) is 35.5 Å². The van der Waals surface area contributed by atoms with Crippen LogP contribution in [0, 0.1) is 0 Å². The largest absolute Gasteiger partial charge is 0.496 e. The number of carbonyl (C=O) groups is 2. The number of amides is 2. The molecule has 1 aliphatic heterocycles. The number of methoxy groups -OCH3 is 3. The molecule has 1 unspecified atom stereocenters. The minimum Gasteiger partial charge on any atom is -0.496 e. The molecule has 0 fully saturated rings. The molecule has 8 heteroatoms. The number of fused-ring (bicyclic) bond motifs is 1. The Hall–Kier alpha value is -4.20. The number of nitrogens with zero attached hydrogens (tertiary/aromatic N) is 1. The fourth-order valence-corrected chi connectivity index (χ4v) is 4.03. The highest BCUT2D eigenvalue weighted by Gasteiger charge is 2.28. The van der Waals surface area contributed by atoms with E-state index in [9.17, 15) is 9.59 Å². The highest BCUT2D eigenvalue weighted by Crippen LogP contribution is 2.31. The lowest BCUT2D eigenvalue weighted by Gasteiger charge is -2.23. The van der Waals surface area contributed by atoms with E-state index in [0.29, 0.717) is 47.3 Å². The molecule has 35 heavy (non-hydrogen) atoms. The molecule has 1 atom stereocenters. The Balaban J connectivity index is 1.57. The van der Waals surface area contributed by atoms with Crippen LogP contribution in [0.25, 0.3) is 0 Å². The van der Waals surface area contributed by atoms with Gasteiger partial charge in [0.25, 0.3) is 11.8 Å². The second kappa shape index (κ2) is 10.4. The normalized spacial score (nSPS) is 14.9. The minimum absolute atomic E-state index is 0.122. The average molecular weight is 477 g/mol. The van der Waals surface area contributed by atoms with Gasteiger partial charge >= 0.3 is 0 Å². The van der Waals surface area contributed by atoms with E-state index in [2.05, 4.69) is 5.32 Å². The Kier molecular flexibility index (Phi) is 7.10. The summed E-state index contributed by atoms with van der Waals surface area (Å²) in [5, 5.41) is 2.91. The summed E-state index contributed by atoms with van der Waals surface area (Å²) in [6, 6.07) is 17.9. The molecule has 0 bridgehead atoms. The Morgan fingerprint density at radius 1 is 0.971 bits per heavy atom. The fraction of sp³-hybridized carbons (Fsp3) is 0.259. The molecule has 2 amide bonds. The first-order valence-electron chi connectivity index (χ1n) is 11.2. The standard InChI is InChI=1S/C27H28N2O6/c1-17-27(31)29(15-19-7-5-6-8-22(19)32-2)16-20-13-21(10-12-23(20)35-17)28-26(30)18-9-11-24(33-3)25(14-18)34-4/h5-14,17H,15-16H2,1-4H3,(H,28,30). The zero-order valence-corrected chi connectivity index (χ0v) is 20.2. The van der Waals surface area contributed by atoms with Gasteiger partial charge in [-0.05, 0) is 49.4 Å². The maximum Gasteiger partial charge on any atom is 0.263 e. The third-order valence-corrected chi connectivity index (χ3v) is 5.84. The third-order valence-electron chi connectivity index (χ3n) is 5.84. The highest BCUT2D eigenvalue weighted by molar-refractivity contribution is 6.04. The fourth-order valence-electron chi connectivity index (χ4n) is 4.03. The van der Waals surface area contributed by atoms with Crippen molar-refractivity contribution >= 4 is 17.5 Å². The van der Waals surface area contributed by atoms with Crippen LogP contribution < -0.4 is 24.3 Å². The molecule has 0 saturated carbocycles. The summed E-state index contributed by atoms with van der Waals surface area (Å²) < 4.78 is 21.9. The number of ether oxygens (including phenoxy) is 4. The van der Waals surface area contributed by atoms with Crippen LogP contribution in [0.4, 0.5) is 5.69 Å². The van der Waals surface area contributed by atoms with Gasteiger partial charge in [-0.1, -0.05) is 18.2 Å². The lowest BCUT2D eigenvalue weighted by atomic mass is 10.1. The van der Waals surface area contributed by atoms with Gasteiger partial charge in [0.1, 0.15) is 11.5 Å². The van der Waals surface area contributed by atoms with Gasteiger partial charge in [0.2, 0.25) is 0 Å². The Bertz CT molecular complexity index is 1240. The Morgan fingerprint density at radius 3 is 2.46 bits per heavy atom. The highest BCUT2D eigenvalue weighted by atomic mass is 16.5. The molecule has 1 N–H and O–H groups in total. The first-order chi connectivity index (χ1) is 16.9. The van der Waals surface area contributed by atoms with Gasteiger partial charge < -0.3 is 29.2 Å². The van der Waals surface area contributed by atoms with Crippen molar-refractivity contribution in [3.05, 3.63) is 77.4 Å². The van der Waals surface area contributed by atoms with Crippen molar-refractivity contribution in [1.82, 2.24) is 4.90 Å². The second-order valence-electron chi connectivity index (χ2n) is 8.11. The van der Waals surface area contributed by atoms with Crippen molar-refractivity contribution < 1.29 is 28.5 Å². The summed E-state index contributed by atoms with van der Waals surface area (Å²) in [6.07, 6.45) is -0.641. The summed E-state index contributed by atoms with van der Waals surface area (Å²) in [5.41, 5.74) is 2.71. The maximum atomic E-state index is 13.0. The SMILES string of the molecule is COc1ccccc1CN1Cc2cc(NC(=O)c3ccc(OC)c(OC)c3)ccc2OC(C)C1=O. The molecule has 0 saturated heterocycles. The lowest BCUT2D eigenvalue weighted by Crippen LogP contribution is -2.37. The van der Waals surface area contributed by atoms with Crippen LogP contribution in [0.3, 0.4) is 0 Å². The molecular weight excluding hydrogens is 448 g/mol. The predicted molar refractivity (Wildman–Crippen MR) is 131 cm³/mol. The summed E-state index contributed by atoms with van der Waals surface area (Å²) in [4.78, 5) is 27.7. The molecule has 0 aromatic heterocycles. The van der Waals surface area contributed by atoms with Crippen LogP contribution in [0.2, 0.25) is 0 Å². The summed E-state index contributed by atoms with van der Waals surface area (Å²) in [6.45, 7) is 2.44. The van der Waals surface area contributed by atoms with E-state index in [1.54, 1.807) is 49.3 Å². The zero-order chi connectivity index (χ0) is 24.9. The van der Waals surface area contributed by atoms with Crippen LogP contribution in [-0.2, 0) is 17.9 Å². The van der Waals surface area contributed by atoms with Gasteiger partial charge in [0.05, 0.1) is 21.3 Å². The smallest absolute Gasteiger partial charge is 0.263 e. The number of nitrogens with one attached hydrogen (secondary N) is 1. The molecule has 0 radical (unpaired) electrons. The van der Waals surface area contributed by atoms with Crippen molar-refractivity contribution in [3.63, 3.8) is 0 Å². The van der Waals surface area contributed by atoms with E-state index in [1.165, 1.54) is 14.2 Å². The van der Waals surface area contributed by atoms with Crippen molar-refractivity contribution in [1.29, 1.82) is 0 Å². The average Bonchev–Trinajstić information content (AvgIpc) is 2.99. The number of anilines is 1. The predicted octanol–water partition coefficient (Wildman–Crippen LogP) is 4.27. The van der Waals surface area contributed by atoms with E-state index >= 15 is 0 Å². The van der Waals surface area contributed by atoms with Crippen LogP contribution in [0.5, 0.6) is 23.0 Å².